The lowest BCUT2D eigenvalue weighted by atomic mass is 10.1. The lowest BCUT2D eigenvalue weighted by Crippen LogP contribution is -2.14. The fraction of sp³-hybridized carbons (Fsp3) is 0. The molecule has 0 spiro atoms. The van der Waals surface area contributed by atoms with Crippen molar-refractivity contribution in [2.45, 2.75) is 0 Å². The Morgan fingerprint density at radius 3 is 2.71 bits per heavy atom. The molecule has 0 radical (unpaired) electrons. The van der Waals surface area contributed by atoms with Crippen molar-refractivity contribution in [3.63, 3.8) is 0 Å². The predicted molar refractivity (Wildman–Crippen MR) is 94.8 cm³/mol. The number of amidine groups is 1. The molecule has 0 saturated heterocycles. The number of oxime groups is 1. The molecule has 0 aliphatic rings. The first kappa shape index (κ1) is 14.5. The number of aromatic nitrogens is 3. The van der Waals surface area contributed by atoms with E-state index in [1.54, 1.807) is 18.6 Å². The van der Waals surface area contributed by atoms with E-state index in [0.29, 0.717) is 27.4 Å². The Hall–Kier alpha value is -3.12. The number of H-pyrrole nitrogens is 1. The van der Waals surface area contributed by atoms with Crippen LogP contribution < -0.4 is 5.32 Å². The fourth-order valence-corrected chi connectivity index (χ4v) is 2.85. The molecule has 0 fully saturated rings. The number of benzene rings is 2. The molecule has 24 heavy (non-hydrogen) atoms. The van der Waals surface area contributed by atoms with E-state index in [9.17, 15) is 5.21 Å². The number of imidazole rings is 1. The highest BCUT2D eigenvalue weighted by Crippen LogP contribution is 2.29. The zero-order valence-electron chi connectivity index (χ0n) is 12.4. The first-order valence-corrected chi connectivity index (χ1v) is 7.60. The number of aromatic amines is 1. The second-order valence-corrected chi connectivity index (χ2v) is 5.62. The number of nitrogens with zero attached hydrogens (tertiary/aromatic N) is 3. The average molecular weight is 338 g/mol. The summed E-state index contributed by atoms with van der Waals surface area (Å²) in [6.07, 6.45) is 3.15. The van der Waals surface area contributed by atoms with E-state index < -0.39 is 0 Å². The molecule has 0 aliphatic heterocycles. The fourth-order valence-electron chi connectivity index (χ4n) is 2.63. The summed E-state index contributed by atoms with van der Waals surface area (Å²) in [5, 5.41) is 18.5. The Balaban J connectivity index is 1.78. The zero-order valence-corrected chi connectivity index (χ0v) is 13.1. The summed E-state index contributed by atoms with van der Waals surface area (Å²) < 4.78 is 0. The second-order valence-electron chi connectivity index (χ2n) is 5.21. The molecule has 3 N–H and O–H groups in total. The summed E-state index contributed by atoms with van der Waals surface area (Å²) in [6.45, 7) is 0. The van der Waals surface area contributed by atoms with Crippen LogP contribution in [0.2, 0.25) is 5.02 Å². The van der Waals surface area contributed by atoms with Gasteiger partial charge in [0.25, 0.3) is 0 Å². The second kappa shape index (κ2) is 5.82. The number of rotatable bonds is 2. The summed E-state index contributed by atoms with van der Waals surface area (Å²) in [5.41, 5.74) is 2.51. The van der Waals surface area contributed by atoms with Gasteiger partial charge in [0.05, 0.1) is 22.6 Å². The van der Waals surface area contributed by atoms with Gasteiger partial charge in [0.15, 0.2) is 11.5 Å². The third-order valence-electron chi connectivity index (χ3n) is 3.77. The maximum Gasteiger partial charge on any atom is 0.179 e. The van der Waals surface area contributed by atoms with Gasteiger partial charge < -0.3 is 15.5 Å². The minimum atomic E-state index is 0.254. The summed E-state index contributed by atoms with van der Waals surface area (Å²) in [7, 11) is 0. The molecule has 2 aromatic heterocycles. The van der Waals surface area contributed by atoms with E-state index in [2.05, 4.69) is 25.4 Å². The summed E-state index contributed by atoms with van der Waals surface area (Å²) in [6, 6.07) is 13.4. The van der Waals surface area contributed by atoms with Gasteiger partial charge in [-0.3, -0.25) is 0 Å². The van der Waals surface area contributed by atoms with Crippen LogP contribution in [0.4, 0.5) is 5.69 Å². The maximum absolute atomic E-state index is 9.47. The quantitative estimate of drug-likeness (QED) is 0.223. The van der Waals surface area contributed by atoms with E-state index in [0.717, 1.165) is 10.8 Å². The number of hydrogen-bond acceptors (Lipinski definition) is 4. The van der Waals surface area contributed by atoms with Gasteiger partial charge in [-0.2, -0.15) is 0 Å². The third kappa shape index (κ3) is 2.43. The molecule has 6 nitrogen and oxygen atoms in total. The molecule has 4 rings (SSSR count). The molecule has 0 saturated carbocycles. The molecule has 7 heteroatoms. The van der Waals surface area contributed by atoms with Gasteiger partial charge in [0.2, 0.25) is 0 Å². The molecular formula is C17H12ClN5O. The smallest absolute Gasteiger partial charge is 0.179 e. The number of fused-ring (bicyclic) bond motifs is 2. The molecule has 0 atom stereocenters. The van der Waals surface area contributed by atoms with Crippen molar-refractivity contribution in [2.24, 2.45) is 5.16 Å². The van der Waals surface area contributed by atoms with Crippen LogP contribution in [0.3, 0.4) is 0 Å². The Kier molecular flexibility index (Phi) is 3.51. The van der Waals surface area contributed by atoms with E-state index in [4.69, 9.17) is 11.6 Å². The van der Waals surface area contributed by atoms with Gasteiger partial charge >= 0.3 is 0 Å². The van der Waals surface area contributed by atoms with Gasteiger partial charge in [0.1, 0.15) is 0 Å². The van der Waals surface area contributed by atoms with Crippen molar-refractivity contribution in [3.05, 3.63) is 65.6 Å². The Labute approximate surface area is 141 Å². The van der Waals surface area contributed by atoms with Gasteiger partial charge in [-0.25, -0.2) is 9.97 Å². The Morgan fingerprint density at radius 2 is 1.92 bits per heavy atom. The van der Waals surface area contributed by atoms with Gasteiger partial charge in [-0.15, -0.1) is 0 Å². The standard InChI is InChI=1S/C17H12ClN5O/c18-13-7-10-3-1-2-4-11(10)8-14(13)22-16(23-24)12-5-6-19-17-15(12)20-9-21-17/h1-9,24H,(H,22,23)(H,19,20,21). The first-order chi connectivity index (χ1) is 11.8. The summed E-state index contributed by atoms with van der Waals surface area (Å²) >= 11 is 6.36. The molecule has 0 amide bonds. The lowest BCUT2D eigenvalue weighted by molar-refractivity contribution is 0.319. The number of halogens is 1. The number of nitrogens with one attached hydrogen (secondary N) is 2. The van der Waals surface area contributed by atoms with Gasteiger partial charge in [-0.1, -0.05) is 41.0 Å². The van der Waals surface area contributed by atoms with Crippen LogP contribution in [-0.2, 0) is 0 Å². The van der Waals surface area contributed by atoms with Crippen LogP contribution in [-0.4, -0.2) is 26.0 Å². The number of hydrogen-bond donors (Lipinski definition) is 3. The van der Waals surface area contributed by atoms with Crippen LogP contribution in [0.15, 0.2) is 60.1 Å². The van der Waals surface area contributed by atoms with E-state index in [-0.39, 0.29) is 5.84 Å². The van der Waals surface area contributed by atoms with E-state index in [1.165, 1.54) is 0 Å². The minimum Gasteiger partial charge on any atom is -0.409 e. The normalized spacial score (nSPS) is 12.0. The predicted octanol–water partition coefficient (Wildman–Crippen LogP) is 4.01. The molecule has 2 heterocycles. The molecule has 0 aliphatic carbocycles. The largest absolute Gasteiger partial charge is 0.409 e. The van der Waals surface area contributed by atoms with Gasteiger partial charge in [0, 0.05) is 11.8 Å². The topological polar surface area (TPSA) is 86.2 Å². The lowest BCUT2D eigenvalue weighted by Gasteiger charge is -2.12. The van der Waals surface area contributed by atoms with Crippen LogP contribution in [0.5, 0.6) is 0 Å². The molecule has 4 aromatic rings. The van der Waals surface area contributed by atoms with Gasteiger partial charge in [-0.05, 0) is 29.0 Å². The highest BCUT2D eigenvalue weighted by Gasteiger charge is 2.13. The Morgan fingerprint density at radius 1 is 1.12 bits per heavy atom. The third-order valence-corrected chi connectivity index (χ3v) is 4.08. The zero-order chi connectivity index (χ0) is 16.5. The van der Waals surface area contributed by atoms with Crippen molar-refractivity contribution in [3.8, 4) is 0 Å². The van der Waals surface area contributed by atoms with E-state index >= 15 is 0 Å². The van der Waals surface area contributed by atoms with Crippen LogP contribution in [0.1, 0.15) is 5.56 Å². The molecule has 118 valence electrons. The average Bonchev–Trinajstić information content (AvgIpc) is 3.09. The molecule has 0 unspecified atom stereocenters. The minimum absolute atomic E-state index is 0.254. The van der Waals surface area contributed by atoms with Crippen molar-refractivity contribution in [2.75, 3.05) is 5.32 Å². The highest BCUT2D eigenvalue weighted by molar-refractivity contribution is 6.35. The Bertz CT molecular complexity index is 1070. The summed E-state index contributed by atoms with van der Waals surface area (Å²) in [5.74, 6) is 0.254. The molecule has 2 aromatic carbocycles. The highest BCUT2D eigenvalue weighted by atomic mass is 35.5. The number of anilines is 1. The first-order valence-electron chi connectivity index (χ1n) is 7.22. The molecular weight excluding hydrogens is 326 g/mol. The van der Waals surface area contributed by atoms with Crippen molar-refractivity contribution >= 4 is 45.1 Å². The van der Waals surface area contributed by atoms with Crippen molar-refractivity contribution in [1.82, 2.24) is 15.0 Å². The van der Waals surface area contributed by atoms with Crippen molar-refractivity contribution < 1.29 is 5.21 Å². The maximum atomic E-state index is 9.47. The monoisotopic (exact) mass is 337 g/mol. The SMILES string of the molecule is O/N=C(/Nc1cc2ccccc2cc1Cl)c1ccnc2nc[nH]c12. The molecule has 0 bridgehead atoms. The summed E-state index contributed by atoms with van der Waals surface area (Å²) in [4.78, 5) is 11.3. The van der Waals surface area contributed by atoms with Crippen LogP contribution in [0.25, 0.3) is 21.9 Å². The van der Waals surface area contributed by atoms with E-state index in [1.807, 2.05) is 36.4 Å². The van der Waals surface area contributed by atoms with Crippen molar-refractivity contribution in [1.29, 1.82) is 0 Å². The van der Waals surface area contributed by atoms with Crippen LogP contribution >= 0.6 is 11.6 Å². The van der Waals surface area contributed by atoms with Crippen LogP contribution in [0, 0.1) is 0 Å². The number of pyridine rings is 1.